The summed E-state index contributed by atoms with van der Waals surface area (Å²) >= 11 is 0. The first kappa shape index (κ1) is 11.5. The van der Waals surface area contributed by atoms with E-state index in [-0.39, 0.29) is 0 Å². The van der Waals surface area contributed by atoms with Crippen LogP contribution in [0.25, 0.3) is 0 Å². The zero-order valence-electron chi connectivity index (χ0n) is 8.14. The summed E-state index contributed by atoms with van der Waals surface area (Å²) in [6.07, 6.45) is 5.93. The van der Waals surface area contributed by atoms with Gasteiger partial charge in [0.15, 0.2) is 0 Å². The van der Waals surface area contributed by atoms with Gasteiger partial charge in [-0.3, -0.25) is 0 Å². The molecule has 0 aliphatic heterocycles. The van der Waals surface area contributed by atoms with Crippen molar-refractivity contribution in [3.05, 3.63) is 0 Å². The predicted molar refractivity (Wildman–Crippen MR) is 49.6 cm³/mol. The minimum Gasteiger partial charge on any atom is -0.457 e. The fourth-order valence-corrected chi connectivity index (χ4v) is 1.45. The van der Waals surface area contributed by atoms with Gasteiger partial charge in [0.05, 0.1) is 6.61 Å². The van der Waals surface area contributed by atoms with Gasteiger partial charge in [-0.1, -0.05) is 33.1 Å². The quantitative estimate of drug-likeness (QED) is 0.525. The number of hydrogen-bond acceptors (Lipinski definition) is 2. The van der Waals surface area contributed by atoms with Crippen LogP contribution in [0.3, 0.4) is 0 Å². The van der Waals surface area contributed by atoms with E-state index in [9.17, 15) is 4.79 Å². The van der Waals surface area contributed by atoms with E-state index in [2.05, 4.69) is 18.6 Å². The second-order valence-corrected chi connectivity index (χ2v) is 3.14. The Morgan fingerprint density at radius 1 is 1.33 bits per heavy atom. The highest BCUT2D eigenvalue weighted by Gasteiger charge is 2.03. The van der Waals surface area contributed by atoms with Crippen LogP contribution in [-0.4, -0.2) is 13.1 Å². The molecule has 0 rings (SSSR count). The normalized spacial score (nSPS) is 12.5. The van der Waals surface area contributed by atoms with Gasteiger partial charge in [-0.15, -0.1) is 0 Å². The van der Waals surface area contributed by atoms with E-state index in [4.69, 9.17) is 0 Å². The van der Waals surface area contributed by atoms with E-state index in [1.54, 1.807) is 0 Å². The fourth-order valence-electron chi connectivity index (χ4n) is 1.45. The summed E-state index contributed by atoms with van der Waals surface area (Å²) in [6.45, 7) is 6.39. The van der Waals surface area contributed by atoms with Crippen LogP contribution in [0.5, 0.6) is 0 Å². The zero-order chi connectivity index (χ0) is 9.23. The molecular formula is C10H19O2. The Balaban J connectivity index is 3.24. The standard InChI is InChI=1S/C10H19O2/c1-3-6-10(4-2)7-5-8-12-9-11/h10H,3-8H2,1-2H3. The van der Waals surface area contributed by atoms with Crippen LogP contribution in [0, 0.1) is 5.92 Å². The van der Waals surface area contributed by atoms with Crippen LogP contribution in [0.15, 0.2) is 0 Å². The predicted octanol–water partition coefficient (Wildman–Crippen LogP) is 2.68. The molecule has 0 N–H and O–H groups in total. The van der Waals surface area contributed by atoms with Crippen molar-refractivity contribution in [3.63, 3.8) is 0 Å². The minimum atomic E-state index is 0.531. The third kappa shape index (κ3) is 6.20. The lowest BCUT2D eigenvalue weighted by molar-refractivity contribution is 0.256. The largest absolute Gasteiger partial charge is 0.457 e. The molecule has 0 spiro atoms. The molecule has 0 fully saturated rings. The van der Waals surface area contributed by atoms with E-state index in [1.165, 1.54) is 32.2 Å². The smallest absolute Gasteiger partial charge is 0.417 e. The van der Waals surface area contributed by atoms with Crippen molar-refractivity contribution >= 4 is 6.47 Å². The molecule has 0 aliphatic rings. The van der Waals surface area contributed by atoms with Gasteiger partial charge in [-0.05, 0) is 18.8 Å². The number of hydrogen-bond donors (Lipinski definition) is 0. The summed E-state index contributed by atoms with van der Waals surface area (Å²) in [5.41, 5.74) is 0. The minimum absolute atomic E-state index is 0.531. The zero-order valence-corrected chi connectivity index (χ0v) is 8.14. The lowest BCUT2D eigenvalue weighted by atomic mass is 9.96. The molecule has 0 aromatic rings. The second kappa shape index (κ2) is 8.57. The summed E-state index contributed by atoms with van der Waals surface area (Å²) in [4.78, 5) is 9.70. The van der Waals surface area contributed by atoms with Gasteiger partial charge in [0.2, 0.25) is 0 Å². The van der Waals surface area contributed by atoms with E-state index in [1.807, 2.05) is 0 Å². The molecule has 1 unspecified atom stereocenters. The molecule has 1 atom stereocenters. The SMILES string of the molecule is CCCC(CC)CCCO[C]=O. The summed E-state index contributed by atoms with van der Waals surface area (Å²) in [6, 6.07) is 0. The van der Waals surface area contributed by atoms with Crippen molar-refractivity contribution in [2.24, 2.45) is 5.92 Å². The third-order valence-electron chi connectivity index (χ3n) is 2.19. The highest BCUT2D eigenvalue weighted by atomic mass is 16.5. The summed E-state index contributed by atoms with van der Waals surface area (Å²) in [7, 11) is 0. The van der Waals surface area contributed by atoms with Crippen LogP contribution in [0.4, 0.5) is 0 Å². The molecule has 0 bridgehead atoms. The van der Waals surface area contributed by atoms with E-state index < -0.39 is 0 Å². The highest BCUT2D eigenvalue weighted by molar-refractivity contribution is 5.37. The van der Waals surface area contributed by atoms with Crippen molar-refractivity contribution in [1.82, 2.24) is 0 Å². The number of rotatable bonds is 8. The first-order valence-corrected chi connectivity index (χ1v) is 4.84. The van der Waals surface area contributed by atoms with Crippen molar-refractivity contribution in [3.8, 4) is 0 Å². The molecule has 0 heterocycles. The van der Waals surface area contributed by atoms with Gasteiger partial charge in [-0.2, -0.15) is 0 Å². The Bertz CT molecular complexity index is 102. The molecule has 0 amide bonds. The van der Waals surface area contributed by atoms with Gasteiger partial charge >= 0.3 is 6.47 Å². The van der Waals surface area contributed by atoms with Crippen LogP contribution in [0.2, 0.25) is 0 Å². The Kier molecular flexibility index (Phi) is 8.19. The third-order valence-corrected chi connectivity index (χ3v) is 2.19. The van der Waals surface area contributed by atoms with Gasteiger partial charge in [0.1, 0.15) is 0 Å². The molecule has 0 aliphatic carbocycles. The van der Waals surface area contributed by atoms with Crippen LogP contribution in [0.1, 0.15) is 46.0 Å². The summed E-state index contributed by atoms with van der Waals surface area (Å²) < 4.78 is 4.50. The Hall–Kier alpha value is -0.530. The molecule has 12 heavy (non-hydrogen) atoms. The van der Waals surface area contributed by atoms with Crippen LogP contribution in [-0.2, 0) is 9.53 Å². The fraction of sp³-hybridized carbons (Fsp3) is 0.900. The molecule has 0 saturated carbocycles. The van der Waals surface area contributed by atoms with Crippen LogP contribution >= 0.6 is 0 Å². The van der Waals surface area contributed by atoms with Crippen molar-refractivity contribution in [2.75, 3.05) is 6.61 Å². The lowest BCUT2D eigenvalue weighted by Crippen LogP contribution is -2.01. The number of ether oxygens (including phenoxy) is 1. The van der Waals surface area contributed by atoms with E-state index >= 15 is 0 Å². The van der Waals surface area contributed by atoms with Crippen molar-refractivity contribution in [2.45, 2.75) is 46.0 Å². The Morgan fingerprint density at radius 3 is 2.58 bits per heavy atom. The van der Waals surface area contributed by atoms with Gasteiger partial charge in [0, 0.05) is 0 Å². The maximum atomic E-state index is 9.70. The van der Waals surface area contributed by atoms with Gasteiger partial charge < -0.3 is 4.74 Å². The first-order valence-electron chi connectivity index (χ1n) is 4.84. The van der Waals surface area contributed by atoms with Crippen molar-refractivity contribution < 1.29 is 9.53 Å². The average Bonchev–Trinajstić information content (AvgIpc) is 2.10. The van der Waals surface area contributed by atoms with Crippen molar-refractivity contribution in [1.29, 1.82) is 0 Å². The van der Waals surface area contributed by atoms with E-state index in [0.29, 0.717) is 6.61 Å². The molecule has 0 aromatic heterocycles. The maximum absolute atomic E-state index is 9.70. The molecule has 0 saturated heterocycles. The summed E-state index contributed by atoms with van der Waals surface area (Å²) in [5.74, 6) is 0.810. The average molecular weight is 171 g/mol. The monoisotopic (exact) mass is 171 g/mol. The molecule has 2 nitrogen and oxygen atoms in total. The van der Waals surface area contributed by atoms with Gasteiger partial charge in [0.25, 0.3) is 0 Å². The maximum Gasteiger partial charge on any atom is 0.417 e. The molecule has 0 aromatic carbocycles. The van der Waals surface area contributed by atoms with Crippen LogP contribution < -0.4 is 0 Å². The molecular weight excluding hydrogens is 152 g/mol. The van der Waals surface area contributed by atoms with E-state index in [0.717, 1.165) is 12.3 Å². The molecule has 2 heteroatoms. The Labute approximate surface area is 75.3 Å². The Morgan fingerprint density at radius 2 is 2.08 bits per heavy atom. The first-order chi connectivity index (χ1) is 5.85. The highest BCUT2D eigenvalue weighted by Crippen LogP contribution is 2.16. The van der Waals surface area contributed by atoms with Gasteiger partial charge in [-0.25, -0.2) is 4.79 Å². The number of carbonyl (C=O) groups excluding carboxylic acids is 1. The topological polar surface area (TPSA) is 26.3 Å². The molecule has 71 valence electrons. The summed E-state index contributed by atoms with van der Waals surface area (Å²) in [5, 5.41) is 0. The second-order valence-electron chi connectivity index (χ2n) is 3.14. The lowest BCUT2D eigenvalue weighted by Gasteiger charge is -2.12. The molecule has 1 radical (unpaired) electrons.